The summed E-state index contributed by atoms with van der Waals surface area (Å²) in [5.74, 6) is -0.183. The Hall–Kier alpha value is -0.960. The summed E-state index contributed by atoms with van der Waals surface area (Å²) in [6.45, 7) is 1.89. The van der Waals surface area contributed by atoms with E-state index in [2.05, 4.69) is 15.6 Å². The van der Waals surface area contributed by atoms with Crippen LogP contribution in [0.2, 0.25) is 0 Å². The van der Waals surface area contributed by atoms with Gasteiger partial charge < -0.3 is 15.4 Å². The Morgan fingerprint density at radius 1 is 1.24 bits per heavy atom. The predicted octanol–water partition coefficient (Wildman–Crippen LogP) is 2.33. The van der Waals surface area contributed by atoms with Gasteiger partial charge in [-0.1, -0.05) is 0 Å². The molecular formula is C14H22F2IN3O. The number of aliphatic imine (C=N–C) groups is 1. The lowest BCUT2D eigenvalue weighted by Gasteiger charge is -2.12. The van der Waals surface area contributed by atoms with E-state index in [-0.39, 0.29) is 24.0 Å². The lowest BCUT2D eigenvalue weighted by atomic mass is 10.1. The zero-order valence-electron chi connectivity index (χ0n) is 12.3. The van der Waals surface area contributed by atoms with E-state index in [1.165, 1.54) is 6.07 Å². The first kappa shape index (κ1) is 20.0. The van der Waals surface area contributed by atoms with Crippen molar-refractivity contribution in [1.29, 1.82) is 0 Å². The van der Waals surface area contributed by atoms with E-state index in [0.29, 0.717) is 31.1 Å². The molecule has 0 unspecified atom stereocenters. The molecule has 0 spiro atoms. The first-order valence-electron chi connectivity index (χ1n) is 6.54. The third-order valence-corrected chi connectivity index (χ3v) is 2.74. The van der Waals surface area contributed by atoms with E-state index in [4.69, 9.17) is 4.74 Å². The minimum atomic E-state index is -0.427. The Morgan fingerprint density at radius 2 is 1.95 bits per heavy atom. The van der Waals surface area contributed by atoms with Crippen molar-refractivity contribution in [3.05, 3.63) is 35.4 Å². The van der Waals surface area contributed by atoms with Crippen molar-refractivity contribution in [3.8, 4) is 0 Å². The van der Waals surface area contributed by atoms with Crippen LogP contribution in [-0.2, 0) is 11.2 Å². The number of nitrogens with zero attached hydrogens (tertiary/aromatic N) is 1. The standard InChI is InChI=1S/C14H21F2N3O.HI/c1-17-14(18-7-3-9-20-2)19-8-6-11-10-12(15)4-5-13(11)16;/h4-5,10H,3,6-9H2,1-2H3,(H2,17,18,19);1H. The van der Waals surface area contributed by atoms with Crippen LogP contribution >= 0.6 is 24.0 Å². The van der Waals surface area contributed by atoms with Crippen molar-refractivity contribution in [2.45, 2.75) is 12.8 Å². The number of ether oxygens (including phenoxy) is 1. The minimum Gasteiger partial charge on any atom is -0.385 e. The van der Waals surface area contributed by atoms with Crippen LogP contribution in [0.15, 0.2) is 23.2 Å². The number of benzene rings is 1. The van der Waals surface area contributed by atoms with Gasteiger partial charge in [-0.05, 0) is 36.6 Å². The molecule has 0 bridgehead atoms. The smallest absolute Gasteiger partial charge is 0.190 e. The molecule has 0 aliphatic carbocycles. The molecule has 4 nitrogen and oxygen atoms in total. The van der Waals surface area contributed by atoms with Gasteiger partial charge in [0.2, 0.25) is 0 Å². The van der Waals surface area contributed by atoms with E-state index in [1.807, 2.05) is 0 Å². The van der Waals surface area contributed by atoms with Crippen molar-refractivity contribution < 1.29 is 13.5 Å². The molecule has 0 saturated carbocycles. The van der Waals surface area contributed by atoms with E-state index in [1.54, 1.807) is 14.2 Å². The van der Waals surface area contributed by atoms with Crippen LogP contribution in [0.5, 0.6) is 0 Å². The molecule has 0 aliphatic heterocycles. The molecule has 21 heavy (non-hydrogen) atoms. The van der Waals surface area contributed by atoms with Crippen LogP contribution in [-0.4, -0.2) is 39.8 Å². The number of hydrogen-bond donors (Lipinski definition) is 2. The van der Waals surface area contributed by atoms with Crippen molar-refractivity contribution >= 4 is 29.9 Å². The van der Waals surface area contributed by atoms with Gasteiger partial charge in [0.15, 0.2) is 5.96 Å². The number of nitrogens with one attached hydrogen (secondary N) is 2. The Morgan fingerprint density at radius 3 is 2.62 bits per heavy atom. The molecule has 1 rings (SSSR count). The van der Waals surface area contributed by atoms with Crippen LogP contribution < -0.4 is 10.6 Å². The quantitative estimate of drug-likeness (QED) is 0.312. The van der Waals surface area contributed by atoms with Gasteiger partial charge in [-0.15, -0.1) is 24.0 Å². The zero-order valence-corrected chi connectivity index (χ0v) is 14.6. The molecule has 0 heterocycles. The molecule has 1 aromatic carbocycles. The number of guanidine groups is 1. The van der Waals surface area contributed by atoms with Crippen LogP contribution in [0.3, 0.4) is 0 Å². The summed E-state index contributed by atoms with van der Waals surface area (Å²) in [5, 5.41) is 6.16. The molecule has 2 N–H and O–H groups in total. The molecule has 0 amide bonds. The monoisotopic (exact) mass is 413 g/mol. The summed E-state index contributed by atoms with van der Waals surface area (Å²) >= 11 is 0. The molecule has 0 saturated heterocycles. The second-order valence-electron chi connectivity index (χ2n) is 4.26. The highest BCUT2D eigenvalue weighted by molar-refractivity contribution is 14.0. The molecule has 120 valence electrons. The normalized spacial score (nSPS) is 11.0. The molecule has 0 aliphatic rings. The maximum Gasteiger partial charge on any atom is 0.190 e. The lowest BCUT2D eigenvalue weighted by molar-refractivity contribution is 0.195. The average Bonchev–Trinajstić information content (AvgIpc) is 2.45. The average molecular weight is 413 g/mol. The van der Waals surface area contributed by atoms with Gasteiger partial charge in [0.25, 0.3) is 0 Å². The third kappa shape index (κ3) is 8.15. The second kappa shape index (κ2) is 11.7. The first-order valence-corrected chi connectivity index (χ1v) is 6.54. The Balaban J connectivity index is 0.00000400. The topological polar surface area (TPSA) is 45.7 Å². The Bertz CT molecular complexity index is 444. The molecule has 7 heteroatoms. The molecular weight excluding hydrogens is 391 g/mol. The van der Waals surface area contributed by atoms with Gasteiger partial charge in [0.1, 0.15) is 11.6 Å². The number of hydrogen-bond acceptors (Lipinski definition) is 2. The number of rotatable bonds is 7. The number of methoxy groups -OCH3 is 1. The van der Waals surface area contributed by atoms with Gasteiger partial charge in [0.05, 0.1) is 0 Å². The second-order valence-corrected chi connectivity index (χ2v) is 4.26. The highest BCUT2D eigenvalue weighted by Crippen LogP contribution is 2.09. The highest BCUT2D eigenvalue weighted by atomic mass is 127. The summed E-state index contributed by atoms with van der Waals surface area (Å²) in [4.78, 5) is 4.04. The summed E-state index contributed by atoms with van der Waals surface area (Å²) in [5.41, 5.74) is 0.354. The largest absolute Gasteiger partial charge is 0.385 e. The summed E-state index contributed by atoms with van der Waals surface area (Å²) in [6.07, 6.45) is 1.26. The first-order chi connectivity index (χ1) is 9.67. The van der Waals surface area contributed by atoms with E-state index in [0.717, 1.165) is 25.1 Å². The van der Waals surface area contributed by atoms with Crippen LogP contribution in [0, 0.1) is 11.6 Å². The van der Waals surface area contributed by atoms with Gasteiger partial charge in [-0.25, -0.2) is 8.78 Å². The highest BCUT2D eigenvalue weighted by Gasteiger charge is 2.04. The van der Waals surface area contributed by atoms with Crippen LogP contribution in [0.1, 0.15) is 12.0 Å². The maximum atomic E-state index is 13.4. The summed E-state index contributed by atoms with van der Waals surface area (Å²) < 4.78 is 31.4. The fraction of sp³-hybridized carbons (Fsp3) is 0.500. The maximum absolute atomic E-state index is 13.4. The number of halogens is 3. The Kier molecular flexibility index (Phi) is 11.1. The summed E-state index contributed by atoms with van der Waals surface area (Å²) in [7, 11) is 3.31. The van der Waals surface area contributed by atoms with E-state index >= 15 is 0 Å². The fourth-order valence-electron chi connectivity index (χ4n) is 1.69. The minimum absolute atomic E-state index is 0. The van der Waals surface area contributed by atoms with Gasteiger partial charge in [0, 0.05) is 33.9 Å². The van der Waals surface area contributed by atoms with E-state index < -0.39 is 11.6 Å². The van der Waals surface area contributed by atoms with Gasteiger partial charge in [-0.2, -0.15) is 0 Å². The molecule has 0 radical (unpaired) electrons. The summed E-state index contributed by atoms with van der Waals surface area (Å²) in [6, 6.07) is 3.47. The van der Waals surface area contributed by atoms with Crippen LogP contribution in [0.25, 0.3) is 0 Å². The van der Waals surface area contributed by atoms with Gasteiger partial charge in [-0.3, -0.25) is 4.99 Å². The van der Waals surface area contributed by atoms with Crippen molar-refractivity contribution in [3.63, 3.8) is 0 Å². The zero-order chi connectivity index (χ0) is 14.8. The molecule has 0 atom stereocenters. The van der Waals surface area contributed by atoms with Crippen LogP contribution in [0.4, 0.5) is 8.78 Å². The molecule has 0 aromatic heterocycles. The molecule has 0 fully saturated rings. The van der Waals surface area contributed by atoms with Gasteiger partial charge >= 0.3 is 0 Å². The van der Waals surface area contributed by atoms with Crippen molar-refractivity contribution in [1.82, 2.24) is 10.6 Å². The predicted molar refractivity (Wildman–Crippen MR) is 91.3 cm³/mol. The van der Waals surface area contributed by atoms with Crippen molar-refractivity contribution in [2.75, 3.05) is 33.9 Å². The Labute approximate surface area is 141 Å². The lowest BCUT2D eigenvalue weighted by Crippen LogP contribution is -2.39. The van der Waals surface area contributed by atoms with E-state index in [9.17, 15) is 8.78 Å². The fourth-order valence-corrected chi connectivity index (χ4v) is 1.69. The molecule has 1 aromatic rings. The third-order valence-electron chi connectivity index (χ3n) is 2.74. The van der Waals surface area contributed by atoms with Crippen molar-refractivity contribution in [2.24, 2.45) is 4.99 Å². The SMILES string of the molecule is CN=C(NCCCOC)NCCc1cc(F)ccc1F.I.